The molecule has 0 aromatic carbocycles. The lowest BCUT2D eigenvalue weighted by Gasteiger charge is -2.34. The van der Waals surface area contributed by atoms with Crippen LogP contribution in [0.4, 0.5) is 0 Å². The maximum atomic E-state index is 5.99. The van der Waals surface area contributed by atoms with Crippen molar-refractivity contribution < 1.29 is 13.0 Å². The van der Waals surface area contributed by atoms with E-state index in [1.54, 1.807) is 41.5 Å². The third-order valence-corrected chi connectivity index (χ3v) is 8.37. The summed E-state index contributed by atoms with van der Waals surface area (Å²) >= 11 is 18.8. The van der Waals surface area contributed by atoms with Crippen molar-refractivity contribution in [2.45, 2.75) is 52.7 Å². The summed E-state index contributed by atoms with van der Waals surface area (Å²) in [5.41, 5.74) is -1.41. The van der Waals surface area contributed by atoms with Crippen LogP contribution in [0.25, 0.3) is 0 Å². The van der Waals surface area contributed by atoms with Gasteiger partial charge in [0.2, 0.25) is 0 Å². The van der Waals surface area contributed by atoms with Crippen molar-refractivity contribution in [3.05, 3.63) is 0 Å². The average Bonchev–Trinajstić information content (AvgIpc) is 2.35. The van der Waals surface area contributed by atoms with Gasteiger partial charge in [-0.2, -0.15) is 18.6 Å². The van der Waals surface area contributed by atoms with Gasteiger partial charge in [-0.15, -0.1) is 0 Å². The molecule has 0 aromatic heterocycles. The fraction of sp³-hybridized carbons (Fsp3) is 0.667. The first kappa shape index (κ1) is 24.5. The van der Waals surface area contributed by atoms with Crippen molar-refractivity contribution in [1.29, 1.82) is 0 Å². The molecule has 0 aliphatic heterocycles. The highest BCUT2D eigenvalue weighted by Gasteiger charge is 2.58. The standard InChI is InChI=1S/C12H18N4O3S4Si2/c1-11(2,3)17-24(13-7-20,14-8-21)19-25(15-9-22,16-10-23)18-12(4,5)6/h1-6H3. The van der Waals surface area contributed by atoms with Gasteiger partial charge in [0, 0.05) is 0 Å². The van der Waals surface area contributed by atoms with Crippen LogP contribution in [0.2, 0.25) is 0 Å². The largest absolute Gasteiger partial charge is 0.638 e. The molecule has 7 nitrogen and oxygen atoms in total. The van der Waals surface area contributed by atoms with E-state index in [0.29, 0.717) is 0 Å². The summed E-state index contributed by atoms with van der Waals surface area (Å²) < 4.78 is 33.7. The summed E-state index contributed by atoms with van der Waals surface area (Å²) in [5.74, 6) is 0. The van der Waals surface area contributed by atoms with Crippen LogP contribution in [0.3, 0.4) is 0 Å². The second-order valence-corrected chi connectivity index (χ2v) is 11.5. The lowest BCUT2D eigenvalue weighted by Crippen LogP contribution is -2.56. The van der Waals surface area contributed by atoms with E-state index in [0.717, 1.165) is 0 Å². The van der Waals surface area contributed by atoms with Crippen molar-refractivity contribution in [3.63, 3.8) is 0 Å². The minimum Gasteiger partial charge on any atom is -0.354 e. The van der Waals surface area contributed by atoms with Gasteiger partial charge in [-0.05, 0) is 90.4 Å². The van der Waals surface area contributed by atoms with Gasteiger partial charge in [0.1, 0.15) is 0 Å². The molecular weight excluding hydrogens is 433 g/mol. The first-order valence-electron chi connectivity index (χ1n) is 6.83. The van der Waals surface area contributed by atoms with Gasteiger partial charge in [-0.3, -0.25) is 0 Å². The second kappa shape index (κ2) is 10.0. The molecule has 0 spiro atoms. The Hall–Kier alpha value is -0.486. The van der Waals surface area contributed by atoms with Gasteiger partial charge in [-0.25, -0.2) is 0 Å². The zero-order chi connectivity index (χ0) is 19.8. The average molecular weight is 451 g/mol. The molecule has 0 N–H and O–H groups in total. The molecule has 13 heteroatoms. The molecule has 0 saturated heterocycles. The summed E-state index contributed by atoms with van der Waals surface area (Å²) in [7, 11) is -7.69. The van der Waals surface area contributed by atoms with Crippen molar-refractivity contribution in [2.75, 3.05) is 0 Å². The first-order valence-corrected chi connectivity index (χ1v) is 11.9. The van der Waals surface area contributed by atoms with Gasteiger partial charge in [0.05, 0.1) is 31.8 Å². The Balaban J connectivity index is 6.47. The molecule has 0 aliphatic rings. The molecule has 0 rings (SSSR count). The van der Waals surface area contributed by atoms with Gasteiger partial charge in [0.25, 0.3) is 0 Å². The van der Waals surface area contributed by atoms with Gasteiger partial charge in [0.15, 0.2) is 0 Å². The molecule has 136 valence electrons. The normalized spacial score (nSPS) is 15.9. The van der Waals surface area contributed by atoms with Gasteiger partial charge in [-0.1, -0.05) is 0 Å². The highest BCUT2D eigenvalue weighted by Crippen LogP contribution is 2.28. The summed E-state index contributed by atoms with van der Waals surface area (Å²) in [6, 6.07) is 0. The van der Waals surface area contributed by atoms with Crippen LogP contribution >= 0.6 is 48.9 Å². The molecule has 0 radical (unpaired) electrons. The zero-order valence-corrected chi connectivity index (χ0v) is 19.9. The number of hydrogen-bond donors (Lipinski definition) is 0. The zero-order valence-electron chi connectivity index (χ0n) is 14.6. The Kier molecular flexibility index (Phi) is 9.81. The number of isothiocyanates is 4. The highest BCUT2D eigenvalue weighted by atomic mass is 32.1. The van der Waals surface area contributed by atoms with E-state index in [1.807, 2.05) is 0 Å². The van der Waals surface area contributed by atoms with Crippen LogP contribution in [0, 0.1) is 0 Å². The molecule has 0 unspecified atom stereocenters. The molecule has 0 heterocycles. The summed E-state index contributed by atoms with van der Waals surface area (Å²) in [4.78, 5) is 0. The van der Waals surface area contributed by atoms with E-state index in [1.165, 1.54) is 0 Å². The van der Waals surface area contributed by atoms with Crippen LogP contribution in [-0.4, -0.2) is 49.6 Å². The topological polar surface area (TPSA) is 77.1 Å². The number of thiocarbonyl (C=S) groups is 4. The van der Waals surface area contributed by atoms with Crippen molar-refractivity contribution in [2.24, 2.45) is 18.6 Å². The molecule has 0 aromatic rings. The first-order chi connectivity index (χ1) is 11.4. The Labute approximate surface area is 171 Å². The van der Waals surface area contributed by atoms with Crippen LogP contribution in [-0.2, 0) is 13.0 Å². The second-order valence-electron chi connectivity index (χ2n) is 6.44. The molecule has 0 bridgehead atoms. The monoisotopic (exact) mass is 450 g/mol. The quantitative estimate of drug-likeness (QED) is 0.315. The van der Waals surface area contributed by atoms with E-state index in [9.17, 15) is 0 Å². The van der Waals surface area contributed by atoms with Crippen LogP contribution in [0.1, 0.15) is 41.5 Å². The fourth-order valence-corrected chi connectivity index (χ4v) is 7.65. The highest BCUT2D eigenvalue weighted by molar-refractivity contribution is 7.79. The Morgan fingerprint density at radius 3 is 1.00 bits per heavy atom. The third kappa shape index (κ3) is 9.69. The Morgan fingerprint density at radius 2 is 0.840 bits per heavy atom. The Morgan fingerprint density at radius 1 is 0.600 bits per heavy atom. The van der Waals surface area contributed by atoms with E-state index in [-0.39, 0.29) is 0 Å². The predicted molar refractivity (Wildman–Crippen MR) is 114 cm³/mol. The molecule has 0 amide bonds. The Bertz CT molecular complexity index is 587. The predicted octanol–water partition coefficient (Wildman–Crippen LogP) is 3.92. The van der Waals surface area contributed by atoms with E-state index < -0.39 is 29.0 Å². The molecule has 25 heavy (non-hydrogen) atoms. The SMILES string of the molecule is CC(C)(C)O[Si](N=C=S)(N=C=S)O[Si](N=C=S)(N=C=S)OC(C)(C)C. The summed E-state index contributed by atoms with van der Waals surface area (Å²) in [6.45, 7) is 10.7. The number of nitrogens with zero attached hydrogens (tertiary/aromatic N) is 4. The van der Waals surface area contributed by atoms with Crippen LogP contribution in [0.15, 0.2) is 18.6 Å². The van der Waals surface area contributed by atoms with Crippen molar-refractivity contribution in [3.8, 4) is 0 Å². The third-order valence-electron chi connectivity index (χ3n) is 1.89. The van der Waals surface area contributed by atoms with Gasteiger partial charge < -0.3 is 13.0 Å². The van der Waals surface area contributed by atoms with E-state index >= 15 is 0 Å². The van der Waals surface area contributed by atoms with E-state index in [2.05, 4.69) is 39.3 Å². The smallest absolute Gasteiger partial charge is 0.354 e. The lowest BCUT2D eigenvalue weighted by atomic mass is 10.2. The van der Waals surface area contributed by atoms with Crippen molar-refractivity contribution >= 4 is 87.3 Å². The molecular formula is C12H18N4O3S4Si2. The van der Waals surface area contributed by atoms with Crippen LogP contribution in [0.5, 0.6) is 0 Å². The maximum Gasteiger partial charge on any atom is 0.638 e. The maximum absolute atomic E-state index is 5.99. The van der Waals surface area contributed by atoms with Crippen molar-refractivity contribution in [1.82, 2.24) is 0 Å². The lowest BCUT2D eigenvalue weighted by molar-refractivity contribution is 0.0544. The molecule has 0 atom stereocenters. The number of rotatable bonds is 8. The minimum atomic E-state index is -3.84. The molecule has 0 saturated carbocycles. The fourth-order valence-electron chi connectivity index (χ4n) is 1.48. The molecule has 0 aliphatic carbocycles. The summed E-state index contributed by atoms with van der Waals surface area (Å²) in [5, 5.41) is 8.86. The van der Waals surface area contributed by atoms with Gasteiger partial charge >= 0.3 is 17.8 Å². The number of hydrogen-bond acceptors (Lipinski definition) is 11. The van der Waals surface area contributed by atoms with Crippen LogP contribution < -0.4 is 0 Å². The van der Waals surface area contributed by atoms with E-state index in [4.69, 9.17) is 61.8 Å². The minimum absolute atomic E-state index is 0.706. The summed E-state index contributed by atoms with van der Waals surface area (Å²) in [6.07, 6.45) is 0. The molecule has 0 fully saturated rings.